The molecule has 0 aliphatic heterocycles. The van der Waals surface area contributed by atoms with Crippen LogP contribution in [0.3, 0.4) is 0 Å². The Bertz CT molecular complexity index is 727. The number of carbonyl (C=O) groups excluding carboxylic acids is 2. The topological polar surface area (TPSA) is 64.6 Å². The van der Waals surface area contributed by atoms with Gasteiger partial charge < -0.3 is 14.8 Å². The molecule has 0 spiro atoms. The van der Waals surface area contributed by atoms with Crippen LogP contribution in [0.2, 0.25) is 0 Å². The van der Waals surface area contributed by atoms with E-state index in [0.29, 0.717) is 17.9 Å². The van der Waals surface area contributed by atoms with E-state index in [4.69, 9.17) is 9.47 Å². The molecule has 1 N–H and O–H groups in total. The highest BCUT2D eigenvalue weighted by molar-refractivity contribution is 5.94. The molecule has 126 valence electrons. The van der Waals surface area contributed by atoms with Gasteiger partial charge in [0.1, 0.15) is 5.75 Å². The number of carbonyl (C=O) groups is 2. The fourth-order valence-electron chi connectivity index (χ4n) is 2.12. The highest BCUT2D eigenvalue weighted by Crippen LogP contribution is 2.18. The van der Waals surface area contributed by atoms with Crippen molar-refractivity contribution in [2.75, 3.05) is 11.9 Å². The van der Waals surface area contributed by atoms with Crippen molar-refractivity contribution in [3.63, 3.8) is 0 Å². The Morgan fingerprint density at radius 3 is 2.58 bits per heavy atom. The maximum atomic E-state index is 12.3. The van der Waals surface area contributed by atoms with Crippen LogP contribution in [0.1, 0.15) is 29.8 Å². The molecule has 1 amide bonds. The fraction of sp³-hybridized carbons (Fsp3) is 0.263. The van der Waals surface area contributed by atoms with Crippen LogP contribution < -0.4 is 10.1 Å². The number of esters is 1. The number of amides is 1. The number of hydrogen-bond acceptors (Lipinski definition) is 4. The second kappa shape index (κ2) is 8.15. The van der Waals surface area contributed by atoms with E-state index in [1.54, 1.807) is 38.1 Å². The first-order valence-corrected chi connectivity index (χ1v) is 7.81. The van der Waals surface area contributed by atoms with Gasteiger partial charge in [-0.15, -0.1) is 0 Å². The molecule has 1 unspecified atom stereocenters. The van der Waals surface area contributed by atoms with Gasteiger partial charge in [0.05, 0.1) is 12.2 Å². The molecule has 0 saturated carbocycles. The lowest BCUT2D eigenvalue weighted by molar-refractivity contribution is -0.122. The molecule has 5 nitrogen and oxygen atoms in total. The van der Waals surface area contributed by atoms with Crippen LogP contribution in [-0.2, 0) is 9.53 Å². The number of anilines is 1. The van der Waals surface area contributed by atoms with Crippen LogP contribution >= 0.6 is 0 Å². The Kier molecular flexibility index (Phi) is 5.95. The van der Waals surface area contributed by atoms with Crippen molar-refractivity contribution < 1.29 is 19.1 Å². The number of aryl methyl sites for hydroxylation is 1. The normalized spacial score (nSPS) is 11.5. The number of hydrogen-bond donors (Lipinski definition) is 1. The molecule has 0 radical (unpaired) electrons. The molecule has 24 heavy (non-hydrogen) atoms. The number of para-hydroxylation sites is 1. The molecule has 1 atom stereocenters. The summed E-state index contributed by atoms with van der Waals surface area (Å²) >= 11 is 0. The summed E-state index contributed by atoms with van der Waals surface area (Å²) in [5.74, 6) is -0.237. The summed E-state index contributed by atoms with van der Waals surface area (Å²) < 4.78 is 10.6. The SMILES string of the molecule is CCOC(=O)c1cccc(OC(C)C(=O)Nc2ccccc2C)c1. The molecular weight excluding hydrogens is 306 g/mol. The van der Waals surface area contributed by atoms with Crippen molar-refractivity contribution in [3.05, 3.63) is 59.7 Å². The van der Waals surface area contributed by atoms with Gasteiger partial charge in [0.25, 0.3) is 5.91 Å². The lowest BCUT2D eigenvalue weighted by Gasteiger charge is -2.16. The maximum absolute atomic E-state index is 12.3. The third-order valence-electron chi connectivity index (χ3n) is 3.43. The summed E-state index contributed by atoms with van der Waals surface area (Å²) in [5, 5.41) is 2.83. The molecule has 5 heteroatoms. The second-order valence-electron chi connectivity index (χ2n) is 5.31. The van der Waals surface area contributed by atoms with E-state index in [0.717, 1.165) is 11.3 Å². The van der Waals surface area contributed by atoms with E-state index in [9.17, 15) is 9.59 Å². The van der Waals surface area contributed by atoms with Gasteiger partial charge in [-0.2, -0.15) is 0 Å². The van der Waals surface area contributed by atoms with Gasteiger partial charge in [0.15, 0.2) is 6.10 Å². The lowest BCUT2D eigenvalue weighted by atomic mass is 10.2. The third kappa shape index (κ3) is 4.59. The van der Waals surface area contributed by atoms with Crippen LogP contribution in [0, 0.1) is 6.92 Å². The average molecular weight is 327 g/mol. The Labute approximate surface area is 141 Å². The summed E-state index contributed by atoms with van der Waals surface area (Å²) in [6.07, 6.45) is -0.706. The number of rotatable bonds is 6. The minimum atomic E-state index is -0.706. The van der Waals surface area contributed by atoms with Crippen molar-refractivity contribution in [2.24, 2.45) is 0 Å². The van der Waals surface area contributed by atoms with Crippen LogP contribution in [0.5, 0.6) is 5.75 Å². The van der Waals surface area contributed by atoms with Crippen molar-refractivity contribution in [3.8, 4) is 5.75 Å². The second-order valence-corrected chi connectivity index (χ2v) is 5.31. The number of ether oxygens (including phenoxy) is 2. The average Bonchev–Trinajstić information content (AvgIpc) is 2.57. The van der Waals surface area contributed by atoms with E-state index in [1.807, 2.05) is 31.2 Å². The van der Waals surface area contributed by atoms with Gasteiger partial charge in [-0.25, -0.2) is 4.79 Å². The Morgan fingerprint density at radius 2 is 1.88 bits per heavy atom. The molecule has 0 aliphatic rings. The number of benzene rings is 2. The number of nitrogens with one attached hydrogen (secondary N) is 1. The molecular formula is C19H21NO4. The van der Waals surface area contributed by atoms with Gasteiger partial charge in [0.2, 0.25) is 0 Å². The molecule has 0 fully saturated rings. The first kappa shape index (κ1) is 17.5. The maximum Gasteiger partial charge on any atom is 0.338 e. The quantitative estimate of drug-likeness (QED) is 0.824. The van der Waals surface area contributed by atoms with Gasteiger partial charge in [-0.3, -0.25) is 4.79 Å². The lowest BCUT2D eigenvalue weighted by Crippen LogP contribution is -2.30. The molecule has 0 heterocycles. The predicted octanol–water partition coefficient (Wildman–Crippen LogP) is 3.58. The van der Waals surface area contributed by atoms with Crippen molar-refractivity contribution >= 4 is 17.6 Å². The Balaban J connectivity index is 2.02. The molecule has 0 aromatic heterocycles. The van der Waals surface area contributed by atoms with Crippen LogP contribution in [-0.4, -0.2) is 24.6 Å². The highest BCUT2D eigenvalue weighted by Gasteiger charge is 2.16. The molecule has 0 saturated heterocycles. The van der Waals surface area contributed by atoms with Crippen LogP contribution in [0.4, 0.5) is 5.69 Å². The van der Waals surface area contributed by atoms with E-state index in [2.05, 4.69) is 5.32 Å². The first-order valence-electron chi connectivity index (χ1n) is 7.81. The minimum absolute atomic E-state index is 0.258. The van der Waals surface area contributed by atoms with Gasteiger partial charge in [-0.05, 0) is 50.6 Å². The smallest absolute Gasteiger partial charge is 0.338 e. The van der Waals surface area contributed by atoms with E-state index in [-0.39, 0.29) is 5.91 Å². The van der Waals surface area contributed by atoms with E-state index < -0.39 is 12.1 Å². The zero-order chi connectivity index (χ0) is 17.5. The Hall–Kier alpha value is -2.82. The van der Waals surface area contributed by atoms with Crippen molar-refractivity contribution in [2.45, 2.75) is 26.9 Å². The van der Waals surface area contributed by atoms with Gasteiger partial charge >= 0.3 is 5.97 Å². The summed E-state index contributed by atoms with van der Waals surface area (Å²) in [6.45, 7) is 5.63. The standard InChI is InChI=1S/C19H21NO4/c1-4-23-19(22)15-9-7-10-16(12-15)24-14(3)18(21)20-17-11-6-5-8-13(17)2/h5-12,14H,4H2,1-3H3,(H,20,21). The van der Waals surface area contributed by atoms with Crippen LogP contribution in [0.15, 0.2) is 48.5 Å². The highest BCUT2D eigenvalue weighted by atomic mass is 16.5. The molecule has 0 aliphatic carbocycles. The van der Waals surface area contributed by atoms with E-state index >= 15 is 0 Å². The van der Waals surface area contributed by atoms with E-state index in [1.165, 1.54) is 0 Å². The largest absolute Gasteiger partial charge is 0.481 e. The van der Waals surface area contributed by atoms with Gasteiger partial charge in [-0.1, -0.05) is 24.3 Å². The van der Waals surface area contributed by atoms with Gasteiger partial charge in [0, 0.05) is 5.69 Å². The molecule has 0 bridgehead atoms. The van der Waals surface area contributed by atoms with Crippen LogP contribution in [0.25, 0.3) is 0 Å². The first-order chi connectivity index (χ1) is 11.5. The Morgan fingerprint density at radius 1 is 1.12 bits per heavy atom. The van der Waals surface area contributed by atoms with Crippen molar-refractivity contribution in [1.29, 1.82) is 0 Å². The zero-order valence-corrected chi connectivity index (χ0v) is 14.0. The molecule has 2 aromatic carbocycles. The minimum Gasteiger partial charge on any atom is -0.481 e. The van der Waals surface area contributed by atoms with Crippen molar-refractivity contribution in [1.82, 2.24) is 0 Å². The molecule has 2 aromatic rings. The zero-order valence-electron chi connectivity index (χ0n) is 14.0. The molecule has 2 rings (SSSR count). The third-order valence-corrected chi connectivity index (χ3v) is 3.43. The summed E-state index contributed by atoms with van der Waals surface area (Å²) in [5.41, 5.74) is 2.11. The fourth-order valence-corrected chi connectivity index (χ4v) is 2.12. The summed E-state index contributed by atoms with van der Waals surface area (Å²) in [6, 6.07) is 14.1. The predicted molar refractivity (Wildman–Crippen MR) is 92.3 cm³/mol. The monoisotopic (exact) mass is 327 g/mol. The summed E-state index contributed by atoms with van der Waals surface area (Å²) in [7, 11) is 0. The summed E-state index contributed by atoms with van der Waals surface area (Å²) in [4.78, 5) is 24.0.